The number of ether oxygens (including phenoxy) is 3. The predicted molar refractivity (Wildman–Crippen MR) is 103 cm³/mol. The van der Waals surface area contributed by atoms with Gasteiger partial charge in [-0.05, 0) is 43.2 Å². The molecule has 1 atom stereocenters. The summed E-state index contributed by atoms with van der Waals surface area (Å²) in [6.07, 6.45) is 1.70. The Hall–Kier alpha value is -3.03. The van der Waals surface area contributed by atoms with Crippen LogP contribution in [-0.2, 0) is 0 Å². The summed E-state index contributed by atoms with van der Waals surface area (Å²) in [6, 6.07) is 8.52. The maximum absolute atomic E-state index is 13.2. The van der Waals surface area contributed by atoms with Crippen molar-refractivity contribution in [1.82, 2.24) is 10.2 Å². The lowest BCUT2D eigenvalue weighted by molar-refractivity contribution is 0.189. The van der Waals surface area contributed by atoms with Gasteiger partial charge in [0.25, 0.3) is 0 Å². The number of amides is 2. The van der Waals surface area contributed by atoms with Crippen LogP contribution in [0.1, 0.15) is 24.4 Å². The van der Waals surface area contributed by atoms with E-state index in [1.54, 1.807) is 19.1 Å². The molecule has 1 N–H and O–H groups in total. The number of urea groups is 1. The summed E-state index contributed by atoms with van der Waals surface area (Å²) in [4.78, 5) is 14.4. The fourth-order valence-electron chi connectivity index (χ4n) is 3.43. The molecule has 1 unspecified atom stereocenters. The van der Waals surface area contributed by atoms with Gasteiger partial charge in [0.2, 0.25) is 0 Å². The molecule has 3 rings (SSSR count). The first-order valence-corrected chi connectivity index (χ1v) is 9.37. The minimum atomic E-state index is -0.973. The second-order valence-corrected chi connectivity index (χ2v) is 6.62. The number of rotatable bonds is 7. The second kappa shape index (κ2) is 9.45. The monoisotopic (exact) mass is 406 g/mol. The van der Waals surface area contributed by atoms with Crippen molar-refractivity contribution < 1.29 is 27.8 Å². The Morgan fingerprint density at radius 3 is 2.62 bits per heavy atom. The van der Waals surface area contributed by atoms with Gasteiger partial charge < -0.3 is 24.4 Å². The van der Waals surface area contributed by atoms with Crippen molar-refractivity contribution in [2.75, 3.05) is 33.9 Å². The second-order valence-electron chi connectivity index (χ2n) is 6.62. The van der Waals surface area contributed by atoms with E-state index in [2.05, 4.69) is 5.32 Å². The van der Waals surface area contributed by atoms with Gasteiger partial charge in [-0.25, -0.2) is 13.6 Å². The van der Waals surface area contributed by atoms with Crippen molar-refractivity contribution in [2.24, 2.45) is 0 Å². The molecule has 1 saturated heterocycles. The van der Waals surface area contributed by atoms with E-state index in [9.17, 15) is 13.6 Å². The molecule has 0 bridgehead atoms. The number of methoxy groups -OCH3 is 2. The highest BCUT2D eigenvalue weighted by Crippen LogP contribution is 2.38. The molecule has 8 heteroatoms. The number of nitrogens with zero attached hydrogens (tertiary/aromatic N) is 1. The van der Waals surface area contributed by atoms with Crippen LogP contribution in [0.15, 0.2) is 36.4 Å². The topological polar surface area (TPSA) is 60.0 Å². The first kappa shape index (κ1) is 20.7. The quantitative estimate of drug-likeness (QED) is 0.709. The molecule has 6 nitrogen and oxygen atoms in total. The van der Waals surface area contributed by atoms with Crippen LogP contribution in [0.25, 0.3) is 0 Å². The molecule has 0 aromatic heterocycles. The number of halogens is 2. The Bertz CT molecular complexity index is 863. The highest BCUT2D eigenvalue weighted by molar-refractivity contribution is 5.75. The number of hydrogen-bond donors (Lipinski definition) is 1. The van der Waals surface area contributed by atoms with Crippen LogP contribution in [0.3, 0.4) is 0 Å². The summed E-state index contributed by atoms with van der Waals surface area (Å²) >= 11 is 0. The molecule has 2 aromatic rings. The first-order chi connectivity index (χ1) is 14.0. The number of carbonyl (C=O) groups is 1. The summed E-state index contributed by atoms with van der Waals surface area (Å²) < 4.78 is 42.2. The van der Waals surface area contributed by atoms with Crippen LogP contribution in [0.2, 0.25) is 0 Å². The Morgan fingerprint density at radius 1 is 1.10 bits per heavy atom. The molecular formula is C21H24F2N2O4. The normalized spacial score (nSPS) is 15.9. The number of hydrogen-bond acceptors (Lipinski definition) is 4. The maximum Gasteiger partial charge on any atom is 0.318 e. The summed E-state index contributed by atoms with van der Waals surface area (Å²) in [5, 5.41) is 2.81. The zero-order valence-corrected chi connectivity index (χ0v) is 16.4. The first-order valence-electron chi connectivity index (χ1n) is 9.37. The molecule has 0 aliphatic carbocycles. The Kier molecular flexibility index (Phi) is 6.74. The zero-order chi connectivity index (χ0) is 20.8. The molecule has 1 fully saturated rings. The largest absolute Gasteiger partial charge is 0.497 e. The van der Waals surface area contributed by atoms with Gasteiger partial charge in [0, 0.05) is 18.2 Å². The summed E-state index contributed by atoms with van der Waals surface area (Å²) in [7, 11) is 3.19. The Balaban J connectivity index is 1.58. The molecule has 0 spiro atoms. The van der Waals surface area contributed by atoms with Crippen LogP contribution in [0.5, 0.6) is 17.2 Å². The lowest BCUT2D eigenvalue weighted by atomic mass is 10.0. The van der Waals surface area contributed by atoms with E-state index in [-0.39, 0.29) is 31.0 Å². The third-order valence-electron chi connectivity index (χ3n) is 4.85. The molecule has 29 heavy (non-hydrogen) atoms. The smallest absolute Gasteiger partial charge is 0.318 e. The van der Waals surface area contributed by atoms with E-state index in [0.29, 0.717) is 18.0 Å². The molecule has 1 aliphatic rings. The highest BCUT2D eigenvalue weighted by Gasteiger charge is 2.32. The summed E-state index contributed by atoms with van der Waals surface area (Å²) in [5.74, 6) is -0.291. The average Bonchev–Trinajstić information content (AvgIpc) is 3.23. The van der Waals surface area contributed by atoms with E-state index in [4.69, 9.17) is 14.2 Å². The standard InChI is InChI=1S/C21H24F2N2O4/c1-27-14-6-8-20(28-2)16(12-14)19-4-3-10-25(19)21(26)24-9-11-29-15-5-7-17(22)18(23)13-15/h5-8,12-13,19H,3-4,9-11H2,1-2H3,(H,24,26). The van der Waals surface area contributed by atoms with Gasteiger partial charge in [0.15, 0.2) is 11.6 Å². The third-order valence-corrected chi connectivity index (χ3v) is 4.85. The molecule has 1 heterocycles. The highest BCUT2D eigenvalue weighted by atomic mass is 19.2. The molecule has 2 aromatic carbocycles. The number of nitrogens with one attached hydrogen (secondary N) is 1. The summed E-state index contributed by atoms with van der Waals surface area (Å²) in [6.45, 7) is 0.995. The van der Waals surface area contributed by atoms with Gasteiger partial charge in [-0.2, -0.15) is 0 Å². The number of benzene rings is 2. The number of carbonyl (C=O) groups excluding carboxylic acids is 1. The van der Waals surface area contributed by atoms with Crippen LogP contribution >= 0.6 is 0 Å². The molecular weight excluding hydrogens is 382 g/mol. The van der Waals surface area contributed by atoms with Gasteiger partial charge in [0.1, 0.15) is 23.9 Å². The van der Waals surface area contributed by atoms with Crippen LogP contribution in [-0.4, -0.2) is 44.8 Å². The minimum absolute atomic E-state index is 0.118. The molecule has 0 radical (unpaired) electrons. The van der Waals surface area contributed by atoms with Crippen molar-refractivity contribution >= 4 is 6.03 Å². The zero-order valence-electron chi connectivity index (χ0n) is 16.4. The molecule has 0 saturated carbocycles. The van der Waals surface area contributed by atoms with Gasteiger partial charge in [-0.15, -0.1) is 0 Å². The van der Waals surface area contributed by atoms with Crippen molar-refractivity contribution in [2.45, 2.75) is 18.9 Å². The van der Waals surface area contributed by atoms with Crippen molar-refractivity contribution in [3.63, 3.8) is 0 Å². The lowest BCUT2D eigenvalue weighted by Crippen LogP contribution is -2.41. The molecule has 1 aliphatic heterocycles. The van der Waals surface area contributed by atoms with Crippen molar-refractivity contribution in [3.8, 4) is 17.2 Å². The van der Waals surface area contributed by atoms with E-state index in [1.807, 2.05) is 18.2 Å². The SMILES string of the molecule is COc1ccc(OC)c(C2CCCN2C(=O)NCCOc2ccc(F)c(F)c2)c1. The van der Waals surface area contributed by atoms with Gasteiger partial charge in [-0.1, -0.05) is 0 Å². The van der Waals surface area contributed by atoms with Crippen LogP contribution in [0.4, 0.5) is 13.6 Å². The van der Waals surface area contributed by atoms with Crippen molar-refractivity contribution in [1.29, 1.82) is 0 Å². The third kappa shape index (κ3) is 4.88. The average molecular weight is 406 g/mol. The fourth-order valence-corrected chi connectivity index (χ4v) is 3.43. The molecule has 156 valence electrons. The predicted octanol–water partition coefficient (Wildman–Crippen LogP) is 3.91. The van der Waals surface area contributed by atoms with Gasteiger partial charge >= 0.3 is 6.03 Å². The summed E-state index contributed by atoms with van der Waals surface area (Å²) in [5.41, 5.74) is 0.900. The van der Waals surface area contributed by atoms with E-state index in [1.165, 1.54) is 6.07 Å². The maximum atomic E-state index is 13.2. The Morgan fingerprint density at radius 2 is 1.90 bits per heavy atom. The number of likely N-dealkylation sites (tertiary alicyclic amines) is 1. The Labute approximate surface area is 168 Å². The van der Waals surface area contributed by atoms with Crippen molar-refractivity contribution in [3.05, 3.63) is 53.6 Å². The lowest BCUT2D eigenvalue weighted by Gasteiger charge is -2.27. The minimum Gasteiger partial charge on any atom is -0.497 e. The van der Waals surface area contributed by atoms with E-state index >= 15 is 0 Å². The van der Waals surface area contributed by atoms with Gasteiger partial charge in [-0.3, -0.25) is 0 Å². The fraction of sp³-hybridized carbons (Fsp3) is 0.381. The van der Waals surface area contributed by atoms with Crippen LogP contribution < -0.4 is 19.5 Å². The van der Waals surface area contributed by atoms with Gasteiger partial charge in [0.05, 0.1) is 26.8 Å². The van der Waals surface area contributed by atoms with E-state index < -0.39 is 11.6 Å². The van der Waals surface area contributed by atoms with E-state index in [0.717, 1.165) is 30.5 Å². The molecule has 2 amide bonds. The van der Waals surface area contributed by atoms with Crippen LogP contribution in [0, 0.1) is 11.6 Å².